The van der Waals surface area contributed by atoms with Crippen molar-refractivity contribution in [3.63, 3.8) is 0 Å². The summed E-state index contributed by atoms with van der Waals surface area (Å²) in [5.41, 5.74) is 3.31. The van der Waals surface area contributed by atoms with E-state index in [1.165, 1.54) is 5.56 Å². The molecule has 0 aliphatic heterocycles. The third kappa shape index (κ3) is 6.82. The Morgan fingerprint density at radius 2 is 2.00 bits per heavy atom. The van der Waals surface area contributed by atoms with Gasteiger partial charge in [-0.1, -0.05) is 18.2 Å². The van der Waals surface area contributed by atoms with Crippen LogP contribution in [-0.4, -0.2) is 47.9 Å². The van der Waals surface area contributed by atoms with E-state index in [0.717, 1.165) is 29.1 Å². The monoisotopic (exact) mass is 422 g/mol. The minimum Gasteiger partial charge on any atom is -0.493 e. The number of rotatable bonds is 10. The zero-order valence-electron chi connectivity index (χ0n) is 18.3. The molecule has 31 heavy (non-hydrogen) atoms. The zero-order valence-corrected chi connectivity index (χ0v) is 18.3. The van der Waals surface area contributed by atoms with Gasteiger partial charge in [0, 0.05) is 64.4 Å². The second-order valence-electron chi connectivity index (χ2n) is 7.08. The van der Waals surface area contributed by atoms with Crippen molar-refractivity contribution in [2.24, 2.45) is 4.99 Å². The molecule has 0 spiro atoms. The highest BCUT2D eigenvalue weighted by molar-refractivity contribution is 5.79. The molecule has 0 saturated heterocycles. The fourth-order valence-corrected chi connectivity index (χ4v) is 2.98. The highest BCUT2D eigenvalue weighted by Gasteiger charge is 2.07. The minimum absolute atomic E-state index is 0.609. The van der Waals surface area contributed by atoms with Gasteiger partial charge in [0.15, 0.2) is 5.96 Å². The highest BCUT2D eigenvalue weighted by Crippen LogP contribution is 2.20. The quantitative estimate of drug-likeness (QED) is 0.297. The standard InChI is InChI=1S/C23H30N6O2/c1-18-5-7-20(21(13-18)31-12-4-11-30-3)16-28-23(24-2)27-15-19-6-8-22(26-14-19)29-10-9-25-17-29/h5-10,13-14,17H,4,11-12,15-16H2,1-3H3,(H2,24,27,28). The molecule has 0 radical (unpaired) electrons. The zero-order chi connectivity index (χ0) is 21.9. The Morgan fingerprint density at radius 1 is 1.13 bits per heavy atom. The first-order valence-electron chi connectivity index (χ1n) is 10.3. The van der Waals surface area contributed by atoms with Crippen LogP contribution in [0.15, 0.2) is 60.2 Å². The summed E-state index contributed by atoms with van der Waals surface area (Å²) >= 11 is 0. The molecule has 0 bridgehead atoms. The number of nitrogens with one attached hydrogen (secondary N) is 2. The van der Waals surface area contributed by atoms with Crippen molar-refractivity contribution >= 4 is 5.96 Å². The smallest absolute Gasteiger partial charge is 0.191 e. The Labute approximate surface area is 183 Å². The Kier molecular flexibility index (Phi) is 8.42. The molecule has 8 nitrogen and oxygen atoms in total. The first kappa shape index (κ1) is 22.3. The molecule has 3 rings (SSSR count). The van der Waals surface area contributed by atoms with Crippen molar-refractivity contribution < 1.29 is 9.47 Å². The van der Waals surface area contributed by atoms with Gasteiger partial charge < -0.3 is 20.1 Å². The lowest BCUT2D eigenvalue weighted by Gasteiger charge is -2.15. The number of aromatic nitrogens is 3. The lowest BCUT2D eigenvalue weighted by molar-refractivity contribution is 0.171. The van der Waals surface area contributed by atoms with Gasteiger partial charge in [0.2, 0.25) is 0 Å². The van der Waals surface area contributed by atoms with Crippen LogP contribution in [0.4, 0.5) is 0 Å². The number of ether oxygens (including phenoxy) is 2. The summed E-state index contributed by atoms with van der Waals surface area (Å²) in [5, 5.41) is 6.68. The van der Waals surface area contributed by atoms with Crippen LogP contribution >= 0.6 is 0 Å². The molecule has 1 aromatic carbocycles. The summed E-state index contributed by atoms with van der Waals surface area (Å²) in [7, 11) is 3.46. The van der Waals surface area contributed by atoms with Crippen molar-refractivity contribution in [3.8, 4) is 11.6 Å². The van der Waals surface area contributed by atoms with Crippen LogP contribution in [0.25, 0.3) is 5.82 Å². The molecule has 0 aliphatic rings. The average molecular weight is 423 g/mol. The van der Waals surface area contributed by atoms with Crippen LogP contribution < -0.4 is 15.4 Å². The number of aliphatic imine (C=N–C) groups is 1. The second-order valence-corrected chi connectivity index (χ2v) is 7.08. The van der Waals surface area contributed by atoms with Crippen molar-refractivity contribution in [2.45, 2.75) is 26.4 Å². The van der Waals surface area contributed by atoms with E-state index in [2.05, 4.69) is 50.7 Å². The Bertz CT molecular complexity index is 955. The van der Waals surface area contributed by atoms with E-state index < -0.39 is 0 Å². The molecule has 0 unspecified atom stereocenters. The lowest BCUT2D eigenvalue weighted by atomic mass is 10.1. The molecule has 8 heteroatoms. The Hall–Kier alpha value is -3.39. The van der Waals surface area contributed by atoms with Crippen molar-refractivity contribution in [3.05, 3.63) is 71.9 Å². The van der Waals surface area contributed by atoms with Crippen molar-refractivity contribution in [1.29, 1.82) is 0 Å². The van der Waals surface area contributed by atoms with Crippen LogP contribution in [0.5, 0.6) is 5.75 Å². The predicted octanol–water partition coefficient (Wildman–Crippen LogP) is 2.86. The summed E-state index contributed by atoms with van der Waals surface area (Å²) in [6.45, 7) is 4.60. The molecule has 0 aliphatic carbocycles. The summed E-state index contributed by atoms with van der Waals surface area (Å²) < 4.78 is 12.9. The van der Waals surface area contributed by atoms with Gasteiger partial charge in [-0.25, -0.2) is 9.97 Å². The number of nitrogens with zero attached hydrogens (tertiary/aromatic N) is 4. The average Bonchev–Trinajstić information content (AvgIpc) is 3.33. The number of imidazole rings is 1. The molecular weight excluding hydrogens is 392 g/mol. The lowest BCUT2D eigenvalue weighted by Crippen LogP contribution is -2.36. The molecule has 0 saturated carbocycles. The van der Waals surface area contributed by atoms with E-state index in [9.17, 15) is 0 Å². The van der Waals surface area contributed by atoms with Crippen LogP contribution in [0, 0.1) is 6.92 Å². The number of guanidine groups is 1. The number of hydrogen-bond acceptors (Lipinski definition) is 5. The van der Waals surface area contributed by atoms with Gasteiger partial charge in [0.05, 0.1) is 6.61 Å². The van der Waals surface area contributed by atoms with Gasteiger partial charge in [-0.3, -0.25) is 9.56 Å². The van der Waals surface area contributed by atoms with E-state index in [1.54, 1.807) is 26.7 Å². The Balaban J connectivity index is 1.52. The SMILES string of the molecule is CN=C(NCc1ccc(-n2ccnc2)nc1)NCc1ccc(C)cc1OCCCOC. The van der Waals surface area contributed by atoms with Gasteiger partial charge in [-0.15, -0.1) is 0 Å². The van der Waals surface area contributed by atoms with E-state index in [-0.39, 0.29) is 0 Å². The maximum absolute atomic E-state index is 5.96. The first-order chi connectivity index (χ1) is 15.2. The van der Waals surface area contributed by atoms with Gasteiger partial charge >= 0.3 is 0 Å². The maximum Gasteiger partial charge on any atom is 0.191 e. The largest absolute Gasteiger partial charge is 0.493 e. The maximum atomic E-state index is 5.96. The normalized spacial score (nSPS) is 11.4. The molecular formula is C23H30N6O2. The number of pyridine rings is 1. The fraction of sp³-hybridized carbons (Fsp3) is 0.348. The molecule has 0 amide bonds. The number of aryl methyl sites for hydroxylation is 1. The van der Waals surface area contributed by atoms with Gasteiger partial charge in [-0.05, 0) is 30.2 Å². The summed E-state index contributed by atoms with van der Waals surface area (Å²) in [4.78, 5) is 12.8. The molecule has 164 valence electrons. The number of hydrogen-bond donors (Lipinski definition) is 2. The van der Waals surface area contributed by atoms with Gasteiger partial charge in [0.25, 0.3) is 0 Å². The fourth-order valence-electron chi connectivity index (χ4n) is 2.98. The van der Waals surface area contributed by atoms with Crippen LogP contribution in [0.2, 0.25) is 0 Å². The Morgan fingerprint density at radius 3 is 2.71 bits per heavy atom. The number of benzene rings is 1. The van der Waals surface area contributed by atoms with Crippen LogP contribution in [-0.2, 0) is 17.8 Å². The topological polar surface area (TPSA) is 85.6 Å². The molecule has 0 atom stereocenters. The first-order valence-corrected chi connectivity index (χ1v) is 10.3. The second kappa shape index (κ2) is 11.7. The molecule has 0 fully saturated rings. The van der Waals surface area contributed by atoms with Crippen LogP contribution in [0.3, 0.4) is 0 Å². The third-order valence-corrected chi connectivity index (χ3v) is 4.68. The van der Waals surface area contributed by atoms with E-state index in [4.69, 9.17) is 9.47 Å². The predicted molar refractivity (Wildman–Crippen MR) is 122 cm³/mol. The van der Waals surface area contributed by atoms with E-state index in [0.29, 0.717) is 32.3 Å². The summed E-state index contributed by atoms with van der Waals surface area (Å²) in [5.74, 6) is 2.43. The minimum atomic E-state index is 0.609. The van der Waals surface area contributed by atoms with Crippen molar-refractivity contribution in [2.75, 3.05) is 27.4 Å². The molecule has 3 aromatic rings. The van der Waals surface area contributed by atoms with Gasteiger partial charge in [-0.2, -0.15) is 0 Å². The van der Waals surface area contributed by atoms with Gasteiger partial charge in [0.1, 0.15) is 17.9 Å². The highest BCUT2D eigenvalue weighted by atomic mass is 16.5. The third-order valence-electron chi connectivity index (χ3n) is 4.68. The van der Waals surface area contributed by atoms with E-state index in [1.807, 2.05) is 29.1 Å². The molecule has 2 aromatic heterocycles. The summed E-state index contributed by atoms with van der Waals surface area (Å²) in [6.07, 6.45) is 8.03. The van der Waals surface area contributed by atoms with E-state index >= 15 is 0 Å². The van der Waals surface area contributed by atoms with Crippen LogP contribution in [0.1, 0.15) is 23.1 Å². The summed E-state index contributed by atoms with van der Waals surface area (Å²) in [6, 6.07) is 10.2. The number of methoxy groups -OCH3 is 1. The molecule has 2 heterocycles. The van der Waals surface area contributed by atoms with Crippen molar-refractivity contribution in [1.82, 2.24) is 25.2 Å². The molecule has 2 N–H and O–H groups in total.